The summed E-state index contributed by atoms with van der Waals surface area (Å²) >= 11 is 1.73. The van der Waals surface area contributed by atoms with Crippen LogP contribution < -0.4 is 5.32 Å². The monoisotopic (exact) mass is 299 g/mol. The van der Waals surface area contributed by atoms with Crippen LogP contribution in [-0.2, 0) is 6.54 Å². The van der Waals surface area contributed by atoms with Crippen molar-refractivity contribution in [3.8, 4) is 11.1 Å². The van der Waals surface area contributed by atoms with E-state index < -0.39 is 0 Å². The number of thiophene rings is 1. The van der Waals surface area contributed by atoms with Gasteiger partial charge in [-0.05, 0) is 40.1 Å². The second-order valence-electron chi connectivity index (χ2n) is 5.49. The molecule has 0 bridgehead atoms. The Morgan fingerprint density at radius 1 is 1.14 bits per heavy atom. The largest absolute Gasteiger partial charge is 0.310 e. The summed E-state index contributed by atoms with van der Waals surface area (Å²) in [6.07, 6.45) is 0. The van der Waals surface area contributed by atoms with Crippen molar-refractivity contribution in [1.29, 1.82) is 0 Å². The van der Waals surface area contributed by atoms with E-state index in [9.17, 15) is 4.39 Å². The predicted molar refractivity (Wildman–Crippen MR) is 89.2 cm³/mol. The van der Waals surface area contributed by atoms with Crippen molar-refractivity contribution in [3.05, 3.63) is 59.2 Å². The molecule has 0 amide bonds. The topological polar surface area (TPSA) is 12.0 Å². The molecule has 0 radical (unpaired) electrons. The molecule has 0 saturated carbocycles. The lowest BCUT2D eigenvalue weighted by Gasteiger charge is -2.11. The van der Waals surface area contributed by atoms with E-state index in [4.69, 9.17) is 0 Å². The van der Waals surface area contributed by atoms with Crippen LogP contribution in [0.4, 0.5) is 4.39 Å². The minimum absolute atomic E-state index is 0.148. The summed E-state index contributed by atoms with van der Waals surface area (Å²) in [7, 11) is 0. The van der Waals surface area contributed by atoms with Crippen LogP contribution in [0.15, 0.2) is 47.8 Å². The molecule has 0 aliphatic carbocycles. The maximum Gasteiger partial charge on any atom is 0.127 e. The number of fused-ring (bicyclic) bond motifs is 1. The third kappa shape index (κ3) is 2.99. The maximum absolute atomic E-state index is 14.0. The second kappa shape index (κ2) is 5.96. The molecule has 1 N–H and O–H groups in total. The summed E-state index contributed by atoms with van der Waals surface area (Å²) in [5, 5.41) is 6.61. The van der Waals surface area contributed by atoms with E-state index in [0.29, 0.717) is 12.6 Å². The Kier molecular flexibility index (Phi) is 4.04. The minimum Gasteiger partial charge on any atom is -0.310 e. The first kappa shape index (κ1) is 14.2. The smallest absolute Gasteiger partial charge is 0.127 e. The quantitative estimate of drug-likeness (QED) is 0.697. The normalized spacial score (nSPS) is 11.4. The fraction of sp³-hybridized carbons (Fsp3) is 0.222. The molecule has 1 aromatic heterocycles. The highest BCUT2D eigenvalue weighted by atomic mass is 32.1. The van der Waals surface area contributed by atoms with Gasteiger partial charge in [-0.3, -0.25) is 0 Å². The number of hydrogen-bond donors (Lipinski definition) is 1. The van der Waals surface area contributed by atoms with Crippen LogP contribution in [-0.4, -0.2) is 6.04 Å². The van der Waals surface area contributed by atoms with E-state index in [0.717, 1.165) is 11.1 Å². The fourth-order valence-electron chi connectivity index (χ4n) is 2.41. The van der Waals surface area contributed by atoms with Gasteiger partial charge in [0.2, 0.25) is 0 Å². The first-order valence-electron chi connectivity index (χ1n) is 7.13. The zero-order valence-corrected chi connectivity index (χ0v) is 13.0. The molecule has 3 rings (SSSR count). The Labute approximate surface area is 128 Å². The van der Waals surface area contributed by atoms with Crippen LogP contribution in [0.1, 0.15) is 19.4 Å². The lowest BCUT2D eigenvalue weighted by Crippen LogP contribution is -2.22. The highest BCUT2D eigenvalue weighted by molar-refractivity contribution is 7.17. The van der Waals surface area contributed by atoms with E-state index in [1.165, 1.54) is 15.6 Å². The number of halogens is 1. The Balaban J connectivity index is 2.02. The molecule has 0 atom stereocenters. The van der Waals surface area contributed by atoms with Gasteiger partial charge in [-0.15, -0.1) is 11.3 Å². The van der Waals surface area contributed by atoms with E-state index in [-0.39, 0.29) is 5.82 Å². The van der Waals surface area contributed by atoms with Crippen molar-refractivity contribution in [2.75, 3.05) is 0 Å². The zero-order chi connectivity index (χ0) is 14.8. The van der Waals surface area contributed by atoms with Gasteiger partial charge in [0.1, 0.15) is 5.82 Å². The molecule has 108 valence electrons. The van der Waals surface area contributed by atoms with Gasteiger partial charge in [-0.25, -0.2) is 4.39 Å². The van der Waals surface area contributed by atoms with E-state index in [1.807, 2.05) is 12.1 Å². The Hall–Kier alpha value is -1.71. The Morgan fingerprint density at radius 2 is 2.00 bits per heavy atom. The summed E-state index contributed by atoms with van der Waals surface area (Å²) < 4.78 is 15.2. The lowest BCUT2D eigenvalue weighted by molar-refractivity contribution is 0.553. The lowest BCUT2D eigenvalue weighted by atomic mass is 10.0. The fourth-order valence-corrected chi connectivity index (χ4v) is 3.35. The van der Waals surface area contributed by atoms with Gasteiger partial charge >= 0.3 is 0 Å². The summed E-state index contributed by atoms with van der Waals surface area (Å²) in [5.41, 5.74) is 2.97. The molecule has 3 aromatic rings. The first-order chi connectivity index (χ1) is 10.1. The van der Waals surface area contributed by atoms with Gasteiger partial charge in [0.25, 0.3) is 0 Å². The number of benzene rings is 2. The first-order valence-corrected chi connectivity index (χ1v) is 8.01. The molecule has 0 unspecified atom stereocenters. The average molecular weight is 299 g/mol. The molecule has 3 heteroatoms. The van der Waals surface area contributed by atoms with Gasteiger partial charge in [-0.1, -0.05) is 38.1 Å². The third-order valence-corrected chi connectivity index (χ3v) is 4.50. The molecule has 21 heavy (non-hydrogen) atoms. The Bertz CT molecular complexity index is 761. The van der Waals surface area contributed by atoms with Gasteiger partial charge in [0, 0.05) is 22.8 Å². The van der Waals surface area contributed by atoms with Crippen molar-refractivity contribution >= 4 is 21.4 Å². The van der Waals surface area contributed by atoms with Crippen molar-refractivity contribution < 1.29 is 4.39 Å². The van der Waals surface area contributed by atoms with E-state index in [2.05, 4.69) is 48.8 Å². The van der Waals surface area contributed by atoms with Crippen molar-refractivity contribution in [2.24, 2.45) is 0 Å². The minimum atomic E-state index is -0.148. The van der Waals surface area contributed by atoms with E-state index in [1.54, 1.807) is 17.4 Å². The van der Waals surface area contributed by atoms with Gasteiger partial charge in [0.15, 0.2) is 0 Å². The molecule has 0 saturated heterocycles. The molecule has 0 aliphatic heterocycles. The van der Waals surface area contributed by atoms with Gasteiger partial charge < -0.3 is 5.32 Å². The second-order valence-corrected chi connectivity index (χ2v) is 6.40. The van der Waals surface area contributed by atoms with Crippen LogP contribution in [0.3, 0.4) is 0 Å². The molecule has 0 aliphatic rings. The van der Waals surface area contributed by atoms with Crippen LogP contribution in [0.2, 0.25) is 0 Å². The van der Waals surface area contributed by atoms with Crippen molar-refractivity contribution in [2.45, 2.75) is 26.4 Å². The van der Waals surface area contributed by atoms with E-state index >= 15 is 0 Å². The SMILES string of the molecule is CC(C)NCc1cc(-c2cccc3ccsc23)ccc1F. The number of rotatable bonds is 4. The summed E-state index contributed by atoms with van der Waals surface area (Å²) in [4.78, 5) is 0. The van der Waals surface area contributed by atoms with Crippen LogP contribution in [0.25, 0.3) is 21.2 Å². The van der Waals surface area contributed by atoms with Crippen LogP contribution in [0, 0.1) is 5.82 Å². The molecule has 0 fully saturated rings. The molecular formula is C18H18FNS. The molecule has 1 heterocycles. The third-order valence-electron chi connectivity index (χ3n) is 3.54. The Morgan fingerprint density at radius 3 is 2.81 bits per heavy atom. The van der Waals surface area contributed by atoms with Gasteiger partial charge in [-0.2, -0.15) is 0 Å². The predicted octanol–water partition coefficient (Wildman–Crippen LogP) is 5.21. The average Bonchev–Trinajstić information content (AvgIpc) is 2.94. The highest BCUT2D eigenvalue weighted by Gasteiger charge is 2.09. The summed E-state index contributed by atoms with van der Waals surface area (Å²) in [6.45, 7) is 4.68. The molecular weight excluding hydrogens is 281 g/mol. The zero-order valence-electron chi connectivity index (χ0n) is 12.2. The van der Waals surface area contributed by atoms with Crippen LogP contribution in [0.5, 0.6) is 0 Å². The van der Waals surface area contributed by atoms with Crippen LogP contribution >= 0.6 is 11.3 Å². The van der Waals surface area contributed by atoms with Gasteiger partial charge in [0.05, 0.1) is 0 Å². The summed E-state index contributed by atoms with van der Waals surface area (Å²) in [6, 6.07) is 14.1. The highest BCUT2D eigenvalue weighted by Crippen LogP contribution is 2.33. The van der Waals surface area contributed by atoms with Crippen molar-refractivity contribution in [1.82, 2.24) is 5.32 Å². The van der Waals surface area contributed by atoms with Crippen molar-refractivity contribution in [3.63, 3.8) is 0 Å². The standard InChI is InChI=1S/C18H18FNS/c1-12(2)20-11-15-10-14(6-7-17(15)19)16-5-3-4-13-8-9-21-18(13)16/h3-10,12,20H,11H2,1-2H3. The maximum atomic E-state index is 14.0. The number of hydrogen-bond acceptors (Lipinski definition) is 2. The number of nitrogens with one attached hydrogen (secondary N) is 1. The summed E-state index contributed by atoms with van der Waals surface area (Å²) in [5.74, 6) is -0.148. The molecule has 0 spiro atoms. The molecule has 2 aromatic carbocycles. The molecule has 1 nitrogen and oxygen atoms in total.